The van der Waals surface area contributed by atoms with Crippen molar-refractivity contribution in [3.8, 4) is 22.8 Å². The summed E-state index contributed by atoms with van der Waals surface area (Å²) in [5, 5.41) is 13.4. The number of nitrogen functional groups attached to an aromatic ring is 1. The van der Waals surface area contributed by atoms with Gasteiger partial charge in [-0.25, -0.2) is 4.39 Å². The van der Waals surface area contributed by atoms with E-state index in [4.69, 9.17) is 15.0 Å². The summed E-state index contributed by atoms with van der Waals surface area (Å²) in [6.45, 7) is 1.62. The highest BCUT2D eigenvalue weighted by molar-refractivity contribution is 5.70. The van der Waals surface area contributed by atoms with Crippen molar-refractivity contribution in [1.29, 1.82) is 0 Å². The highest BCUT2D eigenvalue weighted by Crippen LogP contribution is 2.38. The summed E-state index contributed by atoms with van der Waals surface area (Å²) in [4.78, 5) is 0. The molecule has 0 aliphatic rings. The van der Waals surface area contributed by atoms with E-state index in [1.807, 2.05) is 0 Å². The van der Waals surface area contributed by atoms with Crippen LogP contribution in [0.4, 0.5) is 10.3 Å². The molecule has 0 aliphatic carbocycles. The molecule has 1 heterocycles. The van der Waals surface area contributed by atoms with Crippen LogP contribution in [0.5, 0.6) is 11.5 Å². The Morgan fingerprint density at radius 2 is 2.18 bits per heavy atom. The van der Waals surface area contributed by atoms with Gasteiger partial charge in [-0.1, -0.05) is 5.16 Å². The average molecular weight is 238 g/mol. The molecule has 0 spiro atoms. The fourth-order valence-corrected chi connectivity index (χ4v) is 1.59. The van der Waals surface area contributed by atoms with Crippen LogP contribution in [0.3, 0.4) is 0 Å². The zero-order valence-corrected chi connectivity index (χ0v) is 9.32. The van der Waals surface area contributed by atoms with Gasteiger partial charge >= 0.3 is 0 Å². The van der Waals surface area contributed by atoms with Gasteiger partial charge in [0.1, 0.15) is 5.69 Å². The monoisotopic (exact) mass is 238 g/mol. The lowest BCUT2D eigenvalue weighted by molar-refractivity contribution is 0.350. The Labute approximate surface area is 96.6 Å². The molecule has 6 heteroatoms. The smallest absolute Gasteiger partial charge is 0.222 e. The zero-order chi connectivity index (χ0) is 12.6. The van der Waals surface area contributed by atoms with Crippen molar-refractivity contribution in [2.24, 2.45) is 0 Å². The maximum Gasteiger partial charge on any atom is 0.222 e. The first-order valence-corrected chi connectivity index (χ1v) is 4.83. The highest BCUT2D eigenvalue weighted by atomic mass is 19.1. The largest absolute Gasteiger partial charge is 0.504 e. The summed E-state index contributed by atoms with van der Waals surface area (Å²) in [6.07, 6.45) is 0. The lowest BCUT2D eigenvalue weighted by Crippen LogP contribution is -1.94. The number of methoxy groups -OCH3 is 1. The number of aromatic nitrogens is 1. The summed E-state index contributed by atoms with van der Waals surface area (Å²) in [5.41, 5.74) is 6.59. The Kier molecular flexibility index (Phi) is 2.63. The second kappa shape index (κ2) is 3.97. The Bertz CT molecular complexity index is 566. The summed E-state index contributed by atoms with van der Waals surface area (Å²) in [7, 11) is 1.28. The molecule has 17 heavy (non-hydrogen) atoms. The third-order valence-electron chi connectivity index (χ3n) is 2.47. The fourth-order valence-electron chi connectivity index (χ4n) is 1.59. The molecule has 0 fully saturated rings. The van der Waals surface area contributed by atoms with Gasteiger partial charge in [0.05, 0.1) is 7.11 Å². The molecule has 0 radical (unpaired) electrons. The number of nitrogens with two attached hydrogens (primary N) is 1. The molecular formula is C11H11FN2O3. The van der Waals surface area contributed by atoms with Crippen LogP contribution < -0.4 is 10.5 Å². The number of aromatic hydroxyl groups is 1. The van der Waals surface area contributed by atoms with E-state index >= 15 is 0 Å². The van der Waals surface area contributed by atoms with Crippen molar-refractivity contribution < 1.29 is 18.8 Å². The third-order valence-corrected chi connectivity index (χ3v) is 2.47. The van der Waals surface area contributed by atoms with E-state index in [-0.39, 0.29) is 17.4 Å². The molecule has 1 aromatic heterocycles. The van der Waals surface area contributed by atoms with Gasteiger partial charge in [0.15, 0.2) is 17.3 Å². The summed E-state index contributed by atoms with van der Waals surface area (Å²) >= 11 is 0. The summed E-state index contributed by atoms with van der Waals surface area (Å²) in [6, 6.07) is 2.67. The third kappa shape index (κ3) is 1.77. The number of hydrogen-bond acceptors (Lipinski definition) is 5. The summed E-state index contributed by atoms with van der Waals surface area (Å²) < 4.78 is 23.1. The van der Waals surface area contributed by atoms with Gasteiger partial charge in [0.25, 0.3) is 0 Å². The Morgan fingerprint density at radius 1 is 1.47 bits per heavy atom. The molecule has 0 saturated carbocycles. The van der Waals surface area contributed by atoms with E-state index in [0.717, 1.165) is 0 Å². The quantitative estimate of drug-likeness (QED) is 0.837. The molecule has 1 aromatic carbocycles. The minimum Gasteiger partial charge on any atom is -0.504 e. The molecule has 2 rings (SSSR count). The van der Waals surface area contributed by atoms with Crippen LogP contribution in [0.2, 0.25) is 0 Å². The molecule has 0 unspecified atom stereocenters. The van der Waals surface area contributed by atoms with Crippen LogP contribution in [0, 0.1) is 12.7 Å². The number of nitrogens with zero attached hydrogens (tertiary/aromatic N) is 1. The number of ether oxygens (including phenoxy) is 1. The minimum absolute atomic E-state index is 0.120. The van der Waals surface area contributed by atoms with Gasteiger partial charge in [-0.2, -0.15) is 0 Å². The number of benzene rings is 1. The molecule has 0 aliphatic heterocycles. The van der Waals surface area contributed by atoms with Gasteiger partial charge in [-0.15, -0.1) is 0 Å². The van der Waals surface area contributed by atoms with Crippen LogP contribution in [0.15, 0.2) is 16.7 Å². The number of anilines is 1. The molecule has 0 saturated heterocycles. The van der Waals surface area contributed by atoms with E-state index in [9.17, 15) is 9.50 Å². The molecule has 0 bridgehead atoms. The van der Waals surface area contributed by atoms with Gasteiger partial charge < -0.3 is 20.1 Å². The van der Waals surface area contributed by atoms with Crippen LogP contribution in [-0.2, 0) is 0 Å². The Morgan fingerprint density at radius 3 is 2.71 bits per heavy atom. The molecule has 0 atom stereocenters. The van der Waals surface area contributed by atoms with Gasteiger partial charge in [-0.3, -0.25) is 0 Å². The lowest BCUT2D eigenvalue weighted by atomic mass is 10.0. The van der Waals surface area contributed by atoms with Crippen molar-refractivity contribution in [2.45, 2.75) is 6.92 Å². The van der Waals surface area contributed by atoms with Crippen LogP contribution in [0.25, 0.3) is 11.3 Å². The SMILES string of the molecule is COc1c(F)cc(-c2cc(N)on2)c(C)c1O. The lowest BCUT2D eigenvalue weighted by Gasteiger charge is -2.10. The average Bonchev–Trinajstić information content (AvgIpc) is 2.71. The number of rotatable bonds is 2. The van der Waals surface area contributed by atoms with Crippen molar-refractivity contribution in [2.75, 3.05) is 12.8 Å². The standard InChI is InChI=1S/C11H11FN2O3/c1-5-6(8-4-9(13)17-14-8)3-7(12)11(16-2)10(5)15/h3-4,15H,13H2,1-2H3. The maximum atomic E-state index is 13.6. The molecule has 90 valence electrons. The molecular weight excluding hydrogens is 227 g/mol. The van der Waals surface area contributed by atoms with E-state index in [1.54, 1.807) is 6.92 Å². The van der Waals surface area contributed by atoms with E-state index < -0.39 is 5.82 Å². The van der Waals surface area contributed by atoms with Crippen LogP contribution in [-0.4, -0.2) is 17.4 Å². The highest BCUT2D eigenvalue weighted by Gasteiger charge is 2.18. The van der Waals surface area contributed by atoms with Gasteiger partial charge in [0.2, 0.25) is 5.88 Å². The van der Waals surface area contributed by atoms with E-state index in [2.05, 4.69) is 5.16 Å². The van der Waals surface area contributed by atoms with Crippen molar-refractivity contribution in [3.63, 3.8) is 0 Å². The molecule has 3 N–H and O–H groups in total. The summed E-state index contributed by atoms with van der Waals surface area (Å²) in [5.74, 6) is -1.01. The normalized spacial score (nSPS) is 10.5. The van der Waals surface area contributed by atoms with Gasteiger partial charge in [0, 0.05) is 17.2 Å². The first-order valence-electron chi connectivity index (χ1n) is 4.83. The van der Waals surface area contributed by atoms with Crippen molar-refractivity contribution in [3.05, 3.63) is 23.5 Å². The second-order valence-corrected chi connectivity index (χ2v) is 3.53. The van der Waals surface area contributed by atoms with E-state index in [0.29, 0.717) is 16.8 Å². The maximum absolute atomic E-state index is 13.6. The van der Waals surface area contributed by atoms with Crippen LogP contribution >= 0.6 is 0 Å². The van der Waals surface area contributed by atoms with Crippen molar-refractivity contribution in [1.82, 2.24) is 5.16 Å². The predicted octanol–water partition coefficient (Wildman–Crippen LogP) is 2.09. The number of halogens is 1. The number of phenols is 1. The number of hydrogen-bond donors (Lipinski definition) is 2. The topological polar surface area (TPSA) is 81.5 Å². The van der Waals surface area contributed by atoms with Crippen molar-refractivity contribution >= 4 is 5.88 Å². The minimum atomic E-state index is -0.674. The first kappa shape index (κ1) is 11.3. The first-order chi connectivity index (χ1) is 8.04. The predicted molar refractivity (Wildman–Crippen MR) is 59.3 cm³/mol. The molecule has 0 amide bonds. The van der Waals surface area contributed by atoms with Gasteiger partial charge in [-0.05, 0) is 13.0 Å². The Hall–Kier alpha value is -2.24. The second-order valence-electron chi connectivity index (χ2n) is 3.53. The number of phenolic OH excluding ortho intramolecular Hbond substituents is 1. The Balaban J connectivity index is 2.64. The van der Waals surface area contributed by atoms with Crippen LogP contribution in [0.1, 0.15) is 5.56 Å². The van der Waals surface area contributed by atoms with E-state index in [1.165, 1.54) is 19.2 Å². The zero-order valence-electron chi connectivity index (χ0n) is 9.32. The molecule has 5 nitrogen and oxygen atoms in total. The molecule has 2 aromatic rings. The fraction of sp³-hybridized carbons (Fsp3) is 0.182.